The van der Waals surface area contributed by atoms with Crippen LogP contribution in [0.4, 0.5) is 4.79 Å². The van der Waals surface area contributed by atoms with E-state index in [1.807, 2.05) is 19.9 Å². The molecule has 0 atom stereocenters. The number of carbonyl (C=O) groups excluding carboxylic acids is 1. The lowest BCUT2D eigenvalue weighted by atomic mass is 10.4. The molecule has 64 valence electrons. The molecule has 4 heteroatoms. The van der Waals surface area contributed by atoms with E-state index in [0.717, 1.165) is 5.69 Å². The summed E-state index contributed by atoms with van der Waals surface area (Å²) in [5.41, 5.74) is 0.823. The maximum absolute atomic E-state index is 11.2. The van der Waals surface area contributed by atoms with Gasteiger partial charge in [-0.05, 0) is 26.0 Å². The highest BCUT2D eigenvalue weighted by Crippen LogP contribution is 1.83. The van der Waals surface area contributed by atoms with Crippen LogP contribution in [0.5, 0.6) is 0 Å². The first-order valence-electron chi connectivity index (χ1n) is 3.88. The van der Waals surface area contributed by atoms with Crippen molar-refractivity contribution in [3.05, 3.63) is 24.0 Å². The highest BCUT2D eigenvalue weighted by Gasteiger charge is 2.11. The van der Waals surface area contributed by atoms with Gasteiger partial charge in [-0.3, -0.25) is 0 Å². The van der Waals surface area contributed by atoms with Crippen LogP contribution in [0.15, 0.2) is 18.3 Å². The van der Waals surface area contributed by atoms with Crippen molar-refractivity contribution in [1.29, 1.82) is 0 Å². The molecule has 4 nitrogen and oxygen atoms in total. The standard InChI is InChI=1S/C8H11N3O/c1-3-9-8(12)11-6-4-5-7(2)10-11/h4-6H,3H2,1-2H3/p+1. The fourth-order valence-electron chi connectivity index (χ4n) is 0.846. The number of amides is 1. The Morgan fingerprint density at radius 2 is 2.50 bits per heavy atom. The molecule has 0 spiro atoms. The molecule has 0 saturated heterocycles. The molecule has 1 N–H and O–H groups in total. The van der Waals surface area contributed by atoms with Crippen molar-refractivity contribution in [1.82, 2.24) is 10.4 Å². The molecule has 0 aliphatic carbocycles. The van der Waals surface area contributed by atoms with Crippen LogP contribution < -0.4 is 10.00 Å². The molecule has 0 fully saturated rings. The Hall–Kier alpha value is -1.45. The van der Waals surface area contributed by atoms with Crippen molar-refractivity contribution in [3.63, 3.8) is 0 Å². The number of nitrogens with zero attached hydrogens (tertiary/aromatic N) is 2. The molecule has 0 saturated carbocycles. The summed E-state index contributed by atoms with van der Waals surface area (Å²) in [6.07, 6.45) is 1.62. The number of nitrogens with one attached hydrogen (secondary N) is 1. The monoisotopic (exact) mass is 166 g/mol. The molecule has 1 aromatic rings. The van der Waals surface area contributed by atoms with Gasteiger partial charge in [0.2, 0.25) is 0 Å². The van der Waals surface area contributed by atoms with Crippen LogP contribution in [-0.4, -0.2) is 17.7 Å². The molecular weight excluding hydrogens is 154 g/mol. The van der Waals surface area contributed by atoms with Crippen molar-refractivity contribution in [2.75, 3.05) is 6.54 Å². The Morgan fingerprint density at radius 3 is 3.08 bits per heavy atom. The number of aromatic nitrogens is 2. The number of hydrogen-bond acceptors (Lipinski definition) is 2. The number of carbonyl (C=O) groups is 1. The first-order valence-corrected chi connectivity index (χ1v) is 3.88. The van der Waals surface area contributed by atoms with Crippen molar-refractivity contribution >= 4 is 6.03 Å². The lowest BCUT2D eigenvalue weighted by Crippen LogP contribution is -2.52. The van der Waals surface area contributed by atoms with Crippen LogP contribution in [0.3, 0.4) is 0 Å². The third-order valence-electron chi connectivity index (χ3n) is 1.37. The predicted octanol–water partition coefficient (Wildman–Crippen LogP) is 0.255. The van der Waals surface area contributed by atoms with Crippen LogP contribution >= 0.6 is 0 Å². The second-order valence-corrected chi connectivity index (χ2v) is 2.43. The first-order chi connectivity index (χ1) is 5.74. The molecule has 0 aromatic carbocycles. The van der Waals surface area contributed by atoms with E-state index < -0.39 is 0 Å². The van der Waals surface area contributed by atoms with Crippen LogP contribution in [0.2, 0.25) is 0 Å². The zero-order valence-electron chi connectivity index (χ0n) is 7.24. The number of rotatable bonds is 1. The average Bonchev–Trinajstić information content (AvgIpc) is 2.05. The van der Waals surface area contributed by atoms with E-state index in [4.69, 9.17) is 0 Å². The number of aryl methyl sites for hydroxylation is 1. The van der Waals surface area contributed by atoms with Crippen LogP contribution in [0.25, 0.3) is 0 Å². The fraction of sp³-hybridized carbons (Fsp3) is 0.375. The molecule has 0 aliphatic rings. The molecule has 0 unspecified atom stereocenters. The van der Waals surface area contributed by atoms with Gasteiger partial charge in [0.1, 0.15) is 6.20 Å². The molecule has 0 bridgehead atoms. The van der Waals surface area contributed by atoms with Gasteiger partial charge in [-0.15, -0.1) is 0 Å². The molecule has 0 radical (unpaired) electrons. The fourth-order valence-corrected chi connectivity index (χ4v) is 0.846. The summed E-state index contributed by atoms with van der Waals surface area (Å²) in [7, 11) is 0. The van der Waals surface area contributed by atoms with Gasteiger partial charge in [0.25, 0.3) is 0 Å². The normalized spacial score (nSPS) is 9.50. The molecule has 12 heavy (non-hydrogen) atoms. The van der Waals surface area contributed by atoms with Gasteiger partial charge in [-0.25, -0.2) is 5.32 Å². The molecule has 1 aromatic heterocycles. The second-order valence-electron chi connectivity index (χ2n) is 2.43. The molecule has 0 aliphatic heterocycles. The van der Waals surface area contributed by atoms with Gasteiger partial charge in [-0.2, -0.15) is 4.79 Å². The summed E-state index contributed by atoms with van der Waals surface area (Å²) in [6, 6.07) is 3.44. The summed E-state index contributed by atoms with van der Waals surface area (Å²) < 4.78 is 1.29. The van der Waals surface area contributed by atoms with E-state index in [1.165, 1.54) is 4.68 Å². The summed E-state index contributed by atoms with van der Waals surface area (Å²) in [5.74, 6) is 0. The largest absolute Gasteiger partial charge is 0.516 e. The highest BCUT2D eigenvalue weighted by molar-refractivity contribution is 5.63. The van der Waals surface area contributed by atoms with Crippen molar-refractivity contribution in [3.8, 4) is 0 Å². The van der Waals surface area contributed by atoms with Gasteiger partial charge < -0.3 is 0 Å². The lowest BCUT2D eigenvalue weighted by molar-refractivity contribution is -0.637. The Bertz CT molecular complexity index is 285. The predicted molar refractivity (Wildman–Crippen MR) is 43.6 cm³/mol. The zero-order valence-corrected chi connectivity index (χ0v) is 7.24. The Morgan fingerprint density at radius 1 is 1.75 bits per heavy atom. The minimum absolute atomic E-state index is 0.193. The third kappa shape index (κ3) is 2.02. The van der Waals surface area contributed by atoms with Crippen LogP contribution in [0.1, 0.15) is 12.6 Å². The van der Waals surface area contributed by atoms with E-state index in [9.17, 15) is 4.79 Å². The maximum Gasteiger partial charge on any atom is 0.516 e. The highest BCUT2D eigenvalue weighted by atomic mass is 16.2. The maximum atomic E-state index is 11.2. The topological polar surface area (TPSA) is 45.9 Å². The Balaban J connectivity index is 2.81. The van der Waals surface area contributed by atoms with Crippen LogP contribution in [0, 0.1) is 6.92 Å². The van der Waals surface area contributed by atoms with Gasteiger partial charge in [0, 0.05) is 0 Å². The zero-order chi connectivity index (χ0) is 8.97. The quantitative estimate of drug-likeness (QED) is 0.608. The van der Waals surface area contributed by atoms with Gasteiger partial charge in [0.05, 0.1) is 12.2 Å². The summed E-state index contributed by atoms with van der Waals surface area (Å²) in [5, 5.41) is 6.65. The summed E-state index contributed by atoms with van der Waals surface area (Å²) in [6.45, 7) is 4.32. The molecule has 1 heterocycles. The smallest absolute Gasteiger partial charge is 0.236 e. The number of hydrogen-bond donors (Lipinski definition) is 1. The van der Waals surface area contributed by atoms with Crippen molar-refractivity contribution < 1.29 is 9.48 Å². The van der Waals surface area contributed by atoms with Crippen molar-refractivity contribution in [2.24, 2.45) is 0 Å². The molecule has 1 rings (SSSR count). The molecule has 1 amide bonds. The van der Waals surface area contributed by atoms with Gasteiger partial charge >= 0.3 is 6.03 Å². The van der Waals surface area contributed by atoms with E-state index in [0.29, 0.717) is 6.54 Å². The summed E-state index contributed by atoms with van der Waals surface area (Å²) >= 11 is 0. The van der Waals surface area contributed by atoms with Crippen molar-refractivity contribution in [2.45, 2.75) is 13.8 Å². The van der Waals surface area contributed by atoms with E-state index >= 15 is 0 Å². The lowest BCUT2D eigenvalue weighted by Gasteiger charge is -1.94. The minimum Gasteiger partial charge on any atom is -0.236 e. The second kappa shape index (κ2) is 3.80. The minimum atomic E-state index is -0.193. The average molecular weight is 166 g/mol. The first kappa shape index (κ1) is 8.64. The molecular formula is C8H12N3O+. The van der Waals surface area contributed by atoms with E-state index in [-0.39, 0.29) is 6.03 Å². The Labute approximate surface area is 71.2 Å². The van der Waals surface area contributed by atoms with E-state index in [1.54, 1.807) is 12.3 Å². The van der Waals surface area contributed by atoms with Gasteiger partial charge in [-0.1, -0.05) is 9.78 Å². The van der Waals surface area contributed by atoms with Gasteiger partial charge in [0.15, 0.2) is 0 Å². The summed E-state index contributed by atoms with van der Waals surface area (Å²) in [4.78, 5) is 11.2. The Kier molecular flexibility index (Phi) is 2.74. The van der Waals surface area contributed by atoms with E-state index in [2.05, 4.69) is 10.4 Å². The van der Waals surface area contributed by atoms with Crippen LogP contribution in [-0.2, 0) is 0 Å². The SMILES string of the molecule is CCNC(=O)[n+]1cccc(C)n1. The third-order valence-corrected chi connectivity index (χ3v) is 1.37.